The van der Waals surface area contributed by atoms with Crippen LogP contribution in [0, 0.1) is 0 Å². The lowest BCUT2D eigenvalue weighted by Crippen LogP contribution is -1.76. The van der Waals surface area contributed by atoms with Crippen LogP contribution in [-0.4, -0.2) is 5.33 Å². The van der Waals surface area contributed by atoms with Crippen molar-refractivity contribution in [1.29, 1.82) is 0 Å². The molecule has 0 atom stereocenters. The predicted molar refractivity (Wildman–Crippen MR) is 56.1 cm³/mol. The Balaban J connectivity index is 4.04. The van der Waals surface area contributed by atoms with Crippen molar-refractivity contribution in [2.24, 2.45) is 0 Å². The molecule has 0 aromatic carbocycles. The van der Waals surface area contributed by atoms with Crippen LogP contribution in [0.3, 0.4) is 0 Å². The van der Waals surface area contributed by atoms with Gasteiger partial charge in [0.15, 0.2) is 0 Å². The van der Waals surface area contributed by atoms with Crippen LogP contribution in [0.2, 0.25) is 0 Å². The van der Waals surface area contributed by atoms with Gasteiger partial charge in [0.2, 0.25) is 0 Å². The van der Waals surface area contributed by atoms with E-state index in [4.69, 9.17) is 0 Å². The summed E-state index contributed by atoms with van der Waals surface area (Å²) in [5.41, 5.74) is 1.31. The lowest BCUT2D eigenvalue weighted by Gasteiger charge is -1.91. The molecule has 0 heterocycles. The first-order chi connectivity index (χ1) is 5.35. The lowest BCUT2D eigenvalue weighted by molar-refractivity contribution is 1.22. The normalized spacial score (nSPS) is 13.5. The van der Waals surface area contributed by atoms with Gasteiger partial charge in [-0.05, 0) is 18.9 Å². The second-order valence-corrected chi connectivity index (χ2v) is 2.77. The van der Waals surface area contributed by atoms with E-state index in [0.717, 1.165) is 11.8 Å². The van der Waals surface area contributed by atoms with E-state index in [-0.39, 0.29) is 0 Å². The van der Waals surface area contributed by atoms with Gasteiger partial charge in [0.25, 0.3) is 0 Å². The number of allylic oxidation sites excluding steroid dienone is 6. The quantitative estimate of drug-likeness (QED) is 0.493. The van der Waals surface area contributed by atoms with Gasteiger partial charge in [-0.25, -0.2) is 0 Å². The molecule has 0 aliphatic heterocycles. The molecular formula is C10H15Br. The van der Waals surface area contributed by atoms with Gasteiger partial charge < -0.3 is 0 Å². The highest BCUT2D eigenvalue weighted by Crippen LogP contribution is 2.02. The van der Waals surface area contributed by atoms with Crippen LogP contribution in [0.15, 0.2) is 36.0 Å². The third-order valence-corrected chi connectivity index (χ3v) is 1.87. The Hall–Kier alpha value is -0.300. The molecule has 0 aromatic heterocycles. The van der Waals surface area contributed by atoms with Gasteiger partial charge >= 0.3 is 0 Å². The molecule has 0 amide bonds. The summed E-state index contributed by atoms with van der Waals surface area (Å²) >= 11 is 3.42. The summed E-state index contributed by atoms with van der Waals surface area (Å²) in [6.45, 7) is 4.16. The van der Waals surface area contributed by atoms with Crippen LogP contribution >= 0.6 is 15.9 Å². The van der Waals surface area contributed by atoms with Gasteiger partial charge in [0.1, 0.15) is 0 Å². The van der Waals surface area contributed by atoms with Crippen LogP contribution < -0.4 is 0 Å². The average Bonchev–Trinajstić information content (AvgIpc) is 2.05. The summed E-state index contributed by atoms with van der Waals surface area (Å²) in [6, 6.07) is 0. The summed E-state index contributed by atoms with van der Waals surface area (Å²) in [5.74, 6) is 0. The zero-order chi connectivity index (χ0) is 8.53. The molecule has 0 bridgehead atoms. The topological polar surface area (TPSA) is 0 Å². The fraction of sp³-hybridized carbons (Fsp3) is 0.400. The largest absolute Gasteiger partial charge is 0.0877 e. The first-order valence-corrected chi connectivity index (χ1v) is 5.01. The zero-order valence-electron chi connectivity index (χ0n) is 7.18. The van der Waals surface area contributed by atoms with E-state index in [0.29, 0.717) is 0 Å². The van der Waals surface area contributed by atoms with Crippen molar-refractivity contribution in [3.05, 3.63) is 36.0 Å². The van der Waals surface area contributed by atoms with Gasteiger partial charge in [-0.1, -0.05) is 53.2 Å². The Morgan fingerprint density at radius 1 is 1.45 bits per heavy atom. The Morgan fingerprint density at radius 3 is 2.64 bits per heavy atom. The molecule has 0 nitrogen and oxygen atoms in total. The van der Waals surface area contributed by atoms with Crippen molar-refractivity contribution in [3.8, 4) is 0 Å². The van der Waals surface area contributed by atoms with E-state index in [1.165, 1.54) is 5.57 Å². The molecule has 0 saturated carbocycles. The third-order valence-electron chi connectivity index (χ3n) is 1.22. The predicted octanol–water partition coefficient (Wildman–Crippen LogP) is 3.85. The van der Waals surface area contributed by atoms with Gasteiger partial charge in [0.05, 0.1) is 0 Å². The second kappa shape index (κ2) is 7.80. The Bertz CT molecular complexity index is 164. The van der Waals surface area contributed by atoms with Gasteiger partial charge in [-0.3, -0.25) is 0 Å². The molecule has 0 N–H and O–H groups in total. The Kier molecular flexibility index (Phi) is 7.59. The van der Waals surface area contributed by atoms with Crippen molar-refractivity contribution >= 4 is 15.9 Å². The molecule has 0 radical (unpaired) electrons. The molecule has 0 aliphatic rings. The highest BCUT2D eigenvalue weighted by molar-refractivity contribution is 9.09. The van der Waals surface area contributed by atoms with Gasteiger partial charge in [0, 0.05) is 5.33 Å². The Morgan fingerprint density at radius 2 is 2.18 bits per heavy atom. The molecule has 11 heavy (non-hydrogen) atoms. The number of rotatable bonds is 4. The smallest absolute Gasteiger partial charge is 0.0282 e. The minimum absolute atomic E-state index is 0.924. The van der Waals surface area contributed by atoms with Crippen molar-refractivity contribution in [2.45, 2.75) is 20.3 Å². The molecule has 0 spiro atoms. The van der Waals surface area contributed by atoms with Crippen LogP contribution in [0.1, 0.15) is 20.3 Å². The second-order valence-electron chi connectivity index (χ2n) is 2.21. The van der Waals surface area contributed by atoms with Gasteiger partial charge in [-0.15, -0.1) is 0 Å². The highest BCUT2D eigenvalue weighted by atomic mass is 79.9. The molecule has 1 heteroatoms. The van der Waals surface area contributed by atoms with Crippen LogP contribution in [0.4, 0.5) is 0 Å². The number of alkyl halides is 1. The first-order valence-electron chi connectivity index (χ1n) is 3.89. The molecule has 0 saturated heterocycles. The monoisotopic (exact) mass is 214 g/mol. The van der Waals surface area contributed by atoms with Crippen molar-refractivity contribution in [1.82, 2.24) is 0 Å². The molecule has 62 valence electrons. The first kappa shape index (κ1) is 10.7. The lowest BCUT2D eigenvalue weighted by atomic mass is 10.2. The molecular weight excluding hydrogens is 200 g/mol. The van der Waals surface area contributed by atoms with Gasteiger partial charge in [-0.2, -0.15) is 0 Å². The van der Waals surface area contributed by atoms with E-state index in [9.17, 15) is 0 Å². The van der Waals surface area contributed by atoms with Crippen molar-refractivity contribution in [3.63, 3.8) is 0 Å². The fourth-order valence-electron chi connectivity index (χ4n) is 0.634. The summed E-state index contributed by atoms with van der Waals surface area (Å²) in [4.78, 5) is 0. The standard InChI is InChI=1S/C10H15Br/c1-3-5-7-10(9-11)8-6-4-2/h3,5-8H,4,9H2,1-2H3/b5-3+,8-6-,10-7+. The SMILES string of the molecule is C/C=C/C=C(\C=C/CC)CBr. The number of halogens is 1. The van der Waals surface area contributed by atoms with E-state index < -0.39 is 0 Å². The number of hydrogen-bond donors (Lipinski definition) is 0. The molecule has 0 rings (SSSR count). The molecule has 0 aromatic rings. The minimum Gasteiger partial charge on any atom is -0.0877 e. The maximum atomic E-state index is 3.42. The zero-order valence-corrected chi connectivity index (χ0v) is 8.76. The maximum absolute atomic E-state index is 3.42. The van der Waals surface area contributed by atoms with Crippen molar-refractivity contribution < 1.29 is 0 Å². The summed E-state index contributed by atoms with van der Waals surface area (Å²) in [6.07, 6.45) is 11.6. The molecule has 0 fully saturated rings. The van der Waals surface area contributed by atoms with E-state index in [2.05, 4.69) is 47.2 Å². The highest BCUT2D eigenvalue weighted by Gasteiger charge is 1.84. The molecule has 0 unspecified atom stereocenters. The summed E-state index contributed by atoms with van der Waals surface area (Å²) in [7, 11) is 0. The summed E-state index contributed by atoms with van der Waals surface area (Å²) in [5, 5.41) is 0.924. The summed E-state index contributed by atoms with van der Waals surface area (Å²) < 4.78 is 0. The van der Waals surface area contributed by atoms with E-state index in [1.54, 1.807) is 0 Å². The van der Waals surface area contributed by atoms with E-state index >= 15 is 0 Å². The fourth-order valence-corrected chi connectivity index (χ4v) is 1.01. The van der Waals surface area contributed by atoms with Crippen LogP contribution in [0.25, 0.3) is 0 Å². The Labute approximate surface area is 77.8 Å². The minimum atomic E-state index is 0.924. The maximum Gasteiger partial charge on any atom is 0.0282 e. The molecule has 0 aliphatic carbocycles. The number of hydrogen-bond acceptors (Lipinski definition) is 0. The third kappa shape index (κ3) is 6.11. The van der Waals surface area contributed by atoms with Crippen LogP contribution in [-0.2, 0) is 0 Å². The van der Waals surface area contributed by atoms with Crippen molar-refractivity contribution in [2.75, 3.05) is 5.33 Å². The van der Waals surface area contributed by atoms with Crippen LogP contribution in [0.5, 0.6) is 0 Å². The average molecular weight is 215 g/mol. The van der Waals surface area contributed by atoms with E-state index in [1.807, 2.05) is 13.0 Å².